The van der Waals surface area contributed by atoms with Gasteiger partial charge in [0.05, 0.1) is 0 Å². The molecule has 0 aliphatic heterocycles. The molecule has 0 spiro atoms. The van der Waals surface area contributed by atoms with Gasteiger partial charge in [-0.3, -0.25) is 4.79 Å². The predicted octanol–water partition coefficient (Wildman–Crippen LogP) is 1.68. The van der Waals surface area contributed by atoms with Crippen LogP contribution in [-0.2, 0) is 5.41 Å². The van der Waals surface area contributed by atoms with E-state index < -0.39 is 0 Å². The molecule has 72 valence electrons. The van der Waals surface area contributed by atoms with Crippen LogP contribution in [0, 0.1) is 13.8 Å². The second kappa shape index (κ2) is 2.98. The molecule has 1 N–H and O–H groups in total. The van der Waals surface area contributed by atoms with E-state index in [2.05, 4.69) is 9.97 Å². The van der Waals surface area contributed by atoms with Gasteiger partial charge >= 0.3 is 0 Å². The molecule has 0 aliphatic rings. The van der Waals surface area contributed by atoms with E-state index in [1.54, 1.807) is 6.92 Å². The normalized spacial score (nSPS) is 11.8. The van der Waals surface area contributed by atoms with E-state index >= 15 is 0 Å². The van der Waals surface area contributed by atoms with Gasteiger partial charge in [0.2, 0.25) is 0 Å². The molecule has 3 nitrogen and oxygen atoms in total. The van der Waals surface area contributed by atoms with Crippen LogP contribution in [0.3, 0.4) is 0 Å². The Kier molecular flexibility index (Phi) is 2.28. The van der Waals surface area contributed by atoms with Crippen LogP contribution in [0.2, 0.25) is 0 Å². The SMILES string of the molecule is Cc1nc(C(C)(C)C)[nH]c(=O)c1C. The van der Waals surface area contributed by atoms with Crippen molar-refractivity contribution in [1.29, 1.82) is 0 Å². The summed E-state index contributed by atoms with van der Waals surface area (Å²) in [6.45, 7) is 9.73. The lowest BCUT2D eigenvalue weighted by molar-refractivity contribution is 0.539. The van der Waals surface area contributed by atoms with Gasteiger partial charge in [-0.2, -0.15) is 0 Å². The number of nitrogens with zero attached hydrogens (tertiary/aromatic N) is 1. The first-order chi connectivity index (χ1) is 5.82. The summed E-state index contributed by atoms with van der Waals surface area (Å²) in [5, 5.41) is 0. The van der Waals surface area contributed by atoms with E-state index in [4.69, 9.17) is 0 Å². The average Bonchev–Trinajstić information content (AvgIpc) is 1.97. The summed E-state index contributed by atoms with van der Waals surface area (Å²) in [6.07, 6.45) is 0. The summed E-state index contributed by atoms with van der Waals surface area (Å²) < 4.78 is 0. The number of H-pyrrole nitrogens is 1. The van der Waals surface area contributed by atoms with Gasteiger partial charge < -0.3 is 4.98 Å². The van der Waals surface area contributed by atoms with Crippen molar-refractivity contribution in [2.75, 3.05) is 0 Å². The van der Waals surface area contributed by atoms with Crippen molar-refractivity contribution in [2.24, 2.45) is 0 Å². The maximum atomic E-state index is 11.4. The van der Waals surface area contributed by atoms with Crippen LogP contribution in [-0.4, -0.2) is 9.97 Å². The van der Waals surface area contributed by atoms with Gasteiger partial charge in [-0.1, -0.05) is 20.8 Å². The minimum Gasteiger partial charge on any atom is -0.310 e. The number of hydrogen-bond acceptors (Lipinski definition) is 2. The quantitative estimate of drug-likeness (QED) is 0.660. The Labute approximate surface area is 78.2 Å². The fourth-order valence-electron chi connectivity index (χ4n) is 1.00. The highest BCUT2D eigenvalue weighted by Crippen LogP contribution is 2.16. The Morgan fingerprint density at radius 2 is 1.77 bits per heavy atom. The second-order valence-corrected chi connectivity index (χ2v) is 4.37. The molecule has 0 atom stereocenters. The summed E-state index contributed by atoms with van der Waals surface area (Å²) in [5.41, 5.74) is 1.39. The van der Waals surface area contributed by atoms with Crippen molar-refractivity contribution in [3.8, 4) is 0 Å². The third kappa shape index (κ3) is 1.97. The molecule has 0 radical (unpaired) electrons. The van der Waals surface area contributed by atoms with Crippen molar-refractivity contribution in [2.45, 2.75) is 40.0 Å². The topological polar surface area (TPSA) is 45.8 Å². The molecule has 13 heavy (non-hydrogen) atoms. The smallest absolute Gasteiger partial charge is 0.254 e. The lowest BCUT2D eigenvalue weighted by Crippen LogP contribution is -2.24. The Morgan fingerprint density at radius 3 is 2.15 bits per heavy atom. The standard InChI is InChI=1S/C10H16N2O/c1-6-7(2)11-9(10(3,4)5)12-8(6)13/h1-5H3,(H,11,12,13). The summed E-state index contributed by atoms with van der Waals surface area (Å²) in [5.74, 6) is 0.751. The Hall–Kier alpha value is -1.12. The Bertz CT molecular complexity index is 371. The third-order valence-corrected chi connectivity index (χ3v) is 2.11. The van der Waals surface area contributed by atoms with E-state index in [1.807, 2.05) is 27.7 Å². The van der Waals surface area contributed by atoms with Crippen LogP contribution >= 0.6 is 0 Å². The lowest BCUT2D eigenvalue weighted by atomic mass is 9.95. The summed E-state index contributed by atoms with van der Waals surface area (Å²) in [7, 11) is 0. The minimum atomic E-state index is -0.0996. The first-order valence-electron chi connectivity index (χ1n) is 4.40. The van der Waals surface area contributed by atoms with Crippen LogP contribution in [0.5, 0.6) is 0 Å². The van der Waals surface area contributed by atoms with Crippen molar-refractivity contribution in [3.05, 3.63) is 27.4 Å². The second-order valence-electron chi connectivity index (χ2n) is 4.37. The number of aromatic nitrogens is 2. The number of aromatic amines is 1. The zero-order valence-electron chi connectivity index (χ0n) is 8.86. The van der Waals surface area contributed by atoms with Crippen LogP contribution in [0.25, 0.3) is 0 Å². The first-order valence-corrected chi connectivity index (χ1v) is 4.40. The molecule has 1 rings (SSSR count). The van der Waals surface area contributed by atoms with Gasteiger partial charge in [-0.05, 0) is 13.8 Å². The van der Waals surface area contributed by atoms with Crippen LogP contribution in [0.4, 0.5) is 0 Å². The molecule has 0 aromatic carbocycles. The highest BCUT2D eigenvalue weighted by molar-refractivity contribution is 5.16. The summed E-state index contributed by atoms with van der Waals surface area (Å²) in [6, 6.07) is 0. The molecular formula is C10H16N2O. The van der Waals surface area contributed by atoms with Gasteiger partial charge in [-0.25, -0.2) is 4.98 Å². The van der Waals surface area contributed by atoms with E-state index in [0.29, 0.717) is 5.56 Å². The van der Waals surface area contributed by atoms with Crippen molar-refractivity contribution in [3.63, 3.8) is 0 Å². The molecule has 0 unspecified atom stereocenters. The molecule has 0 amide bonds. The van der Waals surface area contributed by atoms with E-state index in [1.165, 1.54) is 0 Å². The largest absolute Gasteiger partial charge is 0.310 e. The molecule has 1 heterocycles. The maximum absolute atomic E-state index is 11.4. The fraction of sp³-hybridized carbons (Fsp3) is 0.600. The van der Waals surface area contributed by atoms with Gasteiger partial charge in [-0.15, -0.1) is 0 Å². The Morgan fingerprint density at radius 1 is 1.23 bits per heavy atom. The first kappa shape index (κ1) is 9.96. The predicted molar refractivity (Wildman–Crippen MR) is 53.0 cm³/mol. The third-order valence-electron chi connectivity index (χ3n) is 2.11. The van der Waals surface area contributed by atoms with Crippen molar-refractivity contribution < 1.29 is 0 Å². The number of hydrogen-bond donors (Lipinski definition) is 1. The Balaban J connectivity index is 3.38. The van der Waals surface area contributed by atoms with Crippen molar-refractivity contribution in [1.82, 2.24) is 9.97 Å². The average molecular weight is 180 g/mol. The van der Waals surface area contributed by atoms with Crippen LogP contribution < -0.4 is 5.56 Å². The van der Waals surface area contributed by atoms with Crippen molar-refractivity contribution >= 4 is 0 Å². The summed E-state index contributed by atoms with van der Waals surface area (Å²) >= 11 is 0. The number of rotatable bonds is 0. The van der Waals surface area contributed by atoms with Gasteiger partial charge in [0.15, 0.2) is 0 Å². The van der Waals surface area contributed by atoms with E-state index in [0.717, 1.165) is 11.5 Å². The van der Waals surface area contributed by atoms with Gasteiger partial charge in [0, 0.05) is 16.7 Å². The highest BCUT2D eigenvalue weighted by Gasteiger charge is 2.17. The minimum absolute atomic E-state index is 0.0302. The molecule has 1 aromatic rings. The van der Waals surface area contributed by atoms with Crippen LogP contribution in [0.15, 0.2) is 4.79 Å². The molecule has 0 bridgehead atoms. The molecule has 0 aliphatic carbocycles. The van der Waals surface area contributed by atoms with Gasteiger partial charge in [0.25, 0.3) is 5.56 Å². The maximum Gasteiger partial charge on any atom is 0.254 e. The molecule has 0 fully saturated rings. The summed E-state index contributed by atoms with van der Waals surface area (Å²) in [4.78, 5) is 18.6. The molecular weight excluding hydrogens is 164 g/mol. The highest BCUT2D eigenvalue weighted by atomic mass is 16.1. The van der Waals surface area contributed by atoms with E-state index in [-0.39, 0.29) is 11.0 Å². The van der Waals surface area contributed by atoms with E-state index in [9.17, 15) is 4.79 Å². The molecule has 0 saturated carbocycles. The molecule has 3 heteroatoms. The number of nitrogens with one attached hydrogen (secondary N) is 1. The van der Waals surface area contributed by atoms with Gasteiger partial charge in [0.1, 0.15) is 5.82 Å². The zero-order valence-corrected chi connectivity index (χ0v) is 8.86. The van der Waals surface area contributed by atoms with Crippen LogP contribution in [0.1, 0.15) is 37.9 Å². The molecule has 1 aromatic heterocycles. The molecule has 0 saturated heterocycles. The fourth-order valence-corrected chi connectivity index (χ4v) is 1.00. The zero-order chi connectivity index (χ0) is 10.2. The monoisotopic (exact) mass is 180 g/mol. The number of aryl methyl sites for hydroxylation is 1. The lowest BCUT2D eigenvalue weighted by Gasteiger charge is -2.17.